The molecular weight excluding hydrogens is 588 g/mol. The molecule has 5 aromatic rings. The van der Waals surface area contributed by atoms with Crippen molar-refractivity contribution in [2.45, 2.75) is 33.4 Å². The minimum Gasteiger partial charge on any atom is -0.507 e. The van der Waals surface area contributed by atoms with Gasteiger partial charge in [-0.2, -0.15) is 0 Å². The van der Waals surface area contributed by atoms with Gasteiger partial charge in [0.1, 0.15) is 18.1 Å². The summed E-state index contributed by atoms with van der Waals surface area (Å²) in [5.74, 6) is -0.320. The van der Waals surface area contributed by atoms with Crippen LogP contribution in [0.4, 0.5) is 5.13 Å². The lowest BCUT2D eigenvalue weighted by Gasteiger charge is -2.24. The molecule has 1 fully saturated rings. The molecular formula is C36H32N2O6S. The number of hydrogen-bond acceptors (Lipinski definition) is 8. The van der Waals surface area contributed by atoms with Gasteiger partial charge < -0.3 is 19.3 Å². The number of rotatable bonds is 9. The first-order chi connectivity index (χ1) is 21.8. The predicted molar refractivity (Wildman–Crippen MR) is 175 cm³/mol. The zero-order valence-electron chi connectivity index (χ0n) is 25.4. The molecule has 0 radical (unpaired) electrons. The molecule has 1 saturated heterocycles. The third-order valence-corrected chi connectivity index (χ3v) is 8.65. The molecule has 228 valence electrons. The summed E-state index contributed by atoms with van der Waals surface area (Å²) in [5.41, 5.74) is 4.68. The van der Waals surface area contributed by atoms with E-state index in [1.54, 1.807) is 42.5 Å². The lowest BCUT2D eigenvalue weighted by atomic mass is 9.95. The second-order valence-corrected chi connectivity index (χ2v) is 11.7. The number of ketones is 1. The molecule has 0 spiro atoms. The molecule has 0 saturated carbocycles. The molecule has 1 unspecified atom stereocenters. The number of carbonyl (C=O) groups is 2. The maximum Gasteiger partial charge on any atom is 0.301 e. The molecule has 1 aliphatic rings. The van der Waals surface area contributed by atoms with E-state index in [1.807, 2.05) is 63.2 Å². The molecule has 1 N–H and O–H groups in total. The minimum absolute atomic E-state index is 0.0451. The van der Waals surface area contributed by atoms with Gasteiger partial charge in [-0.25, -0.2) is 4.98 Å². The summed E-state index contributed by atoms with van der Waals surface area (Å²) in [7, 11) is 1.53. The van der Waals surface area contributed by atoms with Gasteiger partial charge in [-0.1, -0.05) is 53.8 Å². The number of aromatic nitrogens is 1. The monoisotopic (exact) mass is 620 g/mol. The zero-order valence-corrected chi connectivity index (χ0v) is 26.2. The first-order valence-electron chi connectivity index (χ1n) is 14.6. The van der Waals surface area contributed by atoms with E-state index in [1.165, 1.54) is 23.3 Å². The van der Waals surface area contributed by atoms with Crippen LogP contribution in [-0.4, -0.2) is 35.5 Å². The number of aliphatic hydroxyl groups is 1. The van der Waals surface area contributed by atoms with Crippen LogP contribution in [0, 0.1) is 13.8 Å². The van der Waals surface area contributed by atoms with Crippen molar-refractivity contribution < 1.29 is 28.9 Å². The van der Waals surface area contributed by atoms with Crippen LogP contribution in [0.3, 0.4) is 0 Å². The number of Topliss-reactive ketones (excluding diaryl/α,β-unsaturated/α-hetero) is 1. The Morgan fingerprint density at radius 1 is 0.933 bits per heavy atom. The van der Waals surface area contributed by atoms with Gasteiger partial charge in [0.2, 0.25) is 0 Å². The van der Waals surface area contributed by atoms with E-state index in [0.29, 0.717) is 46.7 Å². The minimum atomic E-state index is -0.976. The average Bonchev–Trinajstić information content (AvgIpc) is 3.58. The molecule has 1 amide bonds. The zero-order chi connectivity index (χ0) is 31.7. The molecule has 4 aromatic carbocycles. The lowest BCUT2D eigenvalue weighted by Crippen LogP contribution is -2.29. The standard InChI is InChI=1S/C36H32N2O6S/c1-5-43-26-14-11-24(12-15-26)33(39)30-32(25-13-16-27(28(19-25)42-4)44-20-23-9-7-6-8-10-23)38(35(41)34(30)40)36-37-31-22(3)17-21(2)18-29(31)45-36/h6-19,32,39H,5,20H2,1-4H3/b33-30+. The van der Waals surface area contributed by atoms with E-state index in [4.69, 9.17) is 19.2 Å². The van der Waals surface area contributed by atoms with Crippen LogP contribution in [0.1, 0.15) is 40.8 Å². The Balaban J connectivity index is 1.48. The number of thiazole rings is 1. The number of aliphatic hydroxyl groups excluding tert-OH is 1. The van der Waals surface area contributed by atoms with Gasteiger partial charge in [-0.05, 0) is 85.5 Å². The van der Waals surface area contributed by atoms with Gasteiger partial charge in [0.05, 0.1) is 35.5 Å². The van der Waals surface area contributed by atoms with E-state index >= 15 is 0 Å². The van der Waals surface area contributed by atoms with Crippen molar-refractivity contribution in [3.63, 3.8) is 0 Å². The SMILES string of the molecule is CCOc1ccc(/C(O)=C2\C(=O)C(=O)N(c3nc4c(C)cc(C)cc4s3)C2c2ccc(OCc3ccccc3)c(OC)c2)cc1. The van der Waals surface area contributed by atoms with E-state index in [2.05, 4.69) is 0 Å². The van der Waals surface area contributed by atoms with Crippen molar-refractivity contribution in [3.05, 3.63) is 118 Å². The maximum atomic E-state index is 13.8. The molecule has 1 aromatic heterocycles. The van der Waals surface area contributed by atoms with Crippen LogP contribution >= 0.6 is 11.3 Å². The summed E-state index contributed by atoms with van der Waals surface area (Å²) in [4.78, 5) is 33.8. The highest BCUT2D eigenvalue weighted by Gasteiger charge is 2.48. The van der Waals surface area contributed by atoms with Crippen LogP contribution in [0.2, 0.25) is 0 Å². The van der Waals surface area contributed by atoms with E-state index in [-0.39, 0.29) is 11.3 Å². The number of nitrogens with zero attached hydrogens (tertiary/aromatic N) is 2. The summed E-state index contributed by atoms with van der Waals surface area (Å²) in [6.07, 6.45) is 0. The second kappa shape index (κ2) is 12.5. The Bertz CT molecular complexity index is 1930. The largest absolute Gasteiger partial charge is 0.507 e. The quantitative estimate of drug-likeness (QED) is 0.103. The third kappa shape index (κ3) is 5.74. The summed E-state index contributed by atoms with van der Waals surface area (Å²) in [5, 5.41) is 12.0. The highest BCUT2D eigenvalue weighted by Crippen LogP contribution is 2.46. The van der Waals surface area contributed by atoms with E-state index in [0.717, 1.165) is 26.9 Å². The van der Waals surface area contributed by atoms with Gasteiger partial charge in [0.25, 0.3) is 5.78 Å². The normalized spacial score (nSPS) is 15.9. The topological polar surface area (TPSA) is 98.2 Å². The van der Waals surface area contributed by atoms with Crippen molar-refractivity contribution in [1.29, 1.82) is 0 Å². The van der Waals surface area contributed by atoms with Crippen LogP contribution < -0.4 is 19.1 Å². The average molecular weight is 621 g/mol. The predicted octanol–water partition coefficient (Wildman–Crippen LogP) is 7.53. The first-order valence-corrected chi connectivity index (χ1v) is 15.4. The number of aryl methyl sites for hydroxylation is 2. The fraction of sp³-hybridized carbons (Fsp3) is 0.194. The van der Waals surface area contributed by atoms with Gasteiger partial charge in [-0.3, -0.25) is 14.5 Å². The molecule has 1 aliphatic heterocycles. The highest BCUT2D eigenvalue weighted by molar-refractivity contribution is 7.22. The van der Waals surface area contributed by atoms with E-state index in [9.17, 15) is 14.7 Å². The number of methoxy groups -OCH3 is 1. The van der Waals surface area contributed by atoms with Gasteiger partial charge in [0.15, 0.2) is 16.6 Å². The van der Waals surface area contributed by atoms with Crippen LogP contribution in [0.15, 0.2) is 90.5 Å². The summed E-state index contributed by atoms with van der Waals surface area (Å²) < 4.78 is 18.2. The van der Waals surface area contributed by atoms with Crippen LogP contribution in [-0.2, 0) is 16.2 Å². The van der Waals surface area contributed by atoms with Crippen LogP contribution in [0.25, 0.3) is 16.0 Å². The highest BCUT2D eigenvalue weighted by atomic mass is 32.1. The van der Waals surface area contributed by atoms with Gasteiger partial charge >= 0.3 is 5.91 Å². The molecule has 8 nitrogen and oxygen atoms in total. The van der Waals surface area contributed by atoms with Crippen molar-refractivity contribution in [1.82, 2.24) is 4.98 Å². The first kappa shape index (κ1) is 29.9. The van der Waals surface area contributed by atoms with Crippen molar-refractivity contribution in [2.24, 2.45) is 0 Å². The number of hydrogen-bond donors (Lipinski definition) is 1. The Morgan fingerprint density at radius 2 is 1.69 bits per heavy atom. The molecule has 6 rings (SSSR count). The van der Waals surface area contributed by atoms with Crippen molar-refractivity contribution in [3.8, 4) is 17.2 Å². The van der Waals surface area contributed by atoms with Crippen molar-refractivity contribution >= 4 is 44.1 Å². The summed E-state index contributed by atoms with van der Waals surface area (Å²) >= 11 is 1.33. The number of amides is 1. The molecule has 0 aliphatic carbocycles. The fourth-order valence-electron chi connectivity index (χ4n) is 5.55. The summed E-state index contributed by atoms with van der Waals surface area (Å²) in [6.45, 7) is 6.67. The molecule has 9 heteroatoms. The lowest BCUT2D eigenvalue weighted by molar-refractivity contribution is -0.132. The number of benzene rings is 4. The molecule has 45 heavy (non-hydrogen) atoms. The van der Waals surface area contributed by atoms with Gasteiger partial charge in [-0.15, -0.1) is 0 Å². The number of anilines is 1. The molecule has 2 heterocycles. The third-order valence-electron chi connectivity index (χ3n) is 7.65. The fourth-order valence-corrected chi connectivity index (χ4v) is 6.72. The number of ether oxygens (including phenoxy) is 3. The summed E-state index contributed by atoms with van der Waals surface area (Å²) in [6, 6.07) is 24.8. The number of carbonyl (C=O) groups excluding carboxylic acids is 2. The smallest absolute Gasteiger partial charge is 0.301 e. The number of fused-ring (bicyclic) bond motifs is 1. The van der Waals surface area contributed by atoms with E-state index < -0.39 is 17.7 Å². The van der Waals surface area contributed by atoms with Gasteiger partial charge in [0, 0.05) is 5.56 Å². The Labute approximate surface area is 265 Å². The second-order valence-electron chi connectivity index (χ2n) is 10.7. The molecule has 1 atom stereocenters. The molecule has 0 bridgehead atoms. The van der Waals surface area contributed by atoms with Crippen LogP contribution in [0.5, 0.6) is 17.2 Å². The van der Waals surface area contributed by atoms with Crippen molar-refractivity contribution in [2.75, 3.05) is 18.6 Å². The Hall–Kier alpha value is -5.15. The Morgan fingerprint density at radius 3 is 2.40 bits per heavy atom. The Kier molecular flexibility index (Phi) is 8.28. The maximum absolute atomic E-state index is 13.8.